The summed E-state index contributed by atoms with van der Waals surface area (Å²) in [6.45, 7) is 3.97. The van der Waals surface area contributed by atoms with Crippen molar-refractivity contribution in [2.24, 2.45) is 0 Å². The standard InChI is InChI=1S/C13H14O3/c1-3-15-13(14)9(2)12-8-10-6-4-5-7-11(10)16-12/h4-9H,3H2,1-2H3. The fourth-order valence-electron chi connectivity index (χ4n) is 1.60. The first-order chi connectivity index (χ1) is 7.72. The summed E-state index contributed by atoms with van der Waals surface area (Å²) in [4.78, 5) is 11.5. The van der Waals surface area contributed by atoms with Gasteiger partial charge in [-0.15, -0.1) is 0 Å². The van der Waals surface area contributed by atoms with Gasteiger partial charge in [0.1, 0.15) is 17.3 Å². The summed E-state index contributed by atoms with van der Waals surface area (Å²) in [6.07, 6.45) is 0. The van der Waals surface area contributed by atoms with Gasteiger partial charge in [-0.1, -0.05) is 18.2 Å². The second-order valence-electron chi connectivity index (χ2n) is 3.66. The quantitative estimate of drug-likeness (QED) is 0.743. The van der Waals surface area contributed by atoms with E-state index in [4.69, 9.17) is 9.15 Å². The molecule has 0 aliphatic carbocycles. The normalized spacial score (nSPS) is 12.6. The SMILES string of the molecule is CCOC(=O)C(C)c1cc2ccccc2o1. The third-order valence-corrected chi connectivity index (χ3v) is 2.51. The van der Waals surface area contributed by atoms with Crippen molar-refractivity contribution in [3.63, 3.8) is 0 Å². The number of benzene rings is 1. The summed E-state index contributed by atoms with van der Waals surface area (Å²) in [5, 5.41) is 1.01. The molecule has 0 spiro atoms. The van der Waals surface area contributed by atoms with Crippen molar-refractivity contribution in [3.8, 4) is 0 Å². The molecule has 2 aromatic rings. The molecular weight excluding hydrogens is 204 g/mol. The molecule has 0 bridgehead atoms. The molecule has 0 radical (unpaired) electrons. The number of carbonyl (C=O) groups is 1. The maximum absolute atomic E-state index is 11.5. The summed E-state index contributed by atoms with van der Waals surface area (Å²) >= 11 is 0. The Morgan fingerprint density at radius 1 is 1.44 bits per heavy atom. The van der Waals surface area contributed by atoms with Gasteiger partial charge in [-0.3, -0.25) is 4.79 Å². The fourth-order valence-corrected chi connectivity index (χ4v) is 1.60. The van der Waals surface area contributed by atoms with Gasteiger partial charge in [0.25, 0.3) is 0 Å². The summed E-state index contributed by atoms with van der Waals surface area (Å²) < 4.78 is 10.6. The lowest BCUT2D eigenvalue weighted by Crippen LogP contribution is -2.12. The van der Waals surface area contributed by atoms with Crippen molar-refractivity contribution < 1.29 is 13.9 Å². The van der Waals surface area contributed by atoms with Gasteiger partial charge in [0, 0.05) is 5.39 Å². The molecule has 0 amide bonds. The van der Waals surface area contributed by atoms with Crippen molar-refractivity contribution in [1.82, 2.24) is 0 Å². The van der Waals surface area contributed by atoms with E-state index in [0.717, 1.165) is 11.0 Å². The lowest BCUT2D eigenvalue weighted by atomic mass is 10.1. The second kappa shape index (κ2) is 4.39. The van der Waals surface area contributed by atoms with E-state index >= 15 is 0 Å². The molecule has 0 saturated carbocycles. The number of rotatable bonds is 3. The Kier molecular flexibility index (Phi) is 2.95. The molecule has 0 aliphatic rings. The van der Waals surface area contributed by atoms with E-state index in [2.05, 4.69) is 0 Å². The number of furan rings is 1. The van der Waals surface area contributed by atoms with Gasteiger partial charge in [-0.05, 0) is 26.0 Å². The van der Waals surface area contributed by atoms with Crippen LogP contribution in [0.25, 0.3) is 11.0 Å². The Morgan fingerprint density at radius 3 is 2.88 bits per heavy atom. The van der Waals surface area contributed by atoms with E-state index in [1.807, 2.05) is 30.3 Å². The third-order valence-electron chi connectivity index (χ3n) is 2.51. The van der Waals surface area contributed by atoms with Gasteiger partial charge in [-0.2, -0.15) is 0 Å². The van der Waals surface area contributed by atoms with Gasteiger partial charge in [0.15, 0.2) is 0 Å². The molecule has 0 fully saturated rings. The molecule has 0 N–H and O–H groups in total. The van der Waals surface area contributed by atoms with Crippen LogP contribution < -0.4 is 0 Å². The second-order valence-corrected chi connectivity index (χ2v) is 3.66. The zero-order chi connectivity index (χ0) is 11.5. The largest absolute Gasteiger partial charge is 0.465 e. The monoisotopic (exact) mass is 218 g/mol. The predicted molar refractivity (Wildman–Crippen MR) is 61.3 cm³/mol. The van der Waals surface area contributed by atoms with Crippen LogP contribution in [0.5, 0.6) is 0 Å². The van der Waals surface area contributed by atoms with Crippen LogP contribution in [-0.4, -0.2) is 12.6 Å². The highest BCUT2D eigenvalue weighted by atomic mass is 16.5. The number of hydrogen-bond donors (Lipinski definition) is 0. The molecule has 2 rings (SSSR count). The minimum Gasteiger partial charge on any atom is -0.465 e. The summed E-state index contributed by atoms with van der Waals surface area (Å²) in [7, 11) is 0. The third kappa shape index (κ3) is 1.94. The molecular formula is C13H14O3. The minimum absolute atomic E-state index is 0.249. The highest BCUT2D eigenvalue weighted by molar-refractivity contribution is 5.82. The van der Waals surface area contributed by atoms with Crippen LogP contribution in [0.1, 0.15) is 25.5 Å². The number of hydrogen-bond acceptors (Lipinski definition) is 3. The maximum Gasteiger partial charge on any atom is 0.316 e. The van der Waals surface area contributed by atoms with E-state index in [1.54, 1.807) is 13.8 Å². The summed E-state index contributed by atoms with van der Waals surface area (Å²) in [6, 6.07) is 9.58. The van der Waals surface area contributed by atoms with Gasteiger partial charge in [0.2, 0.25) is 0 Å². The molecule has 1 atom stereocenters. The van der Waals surface area contributed by atoms with Crippen LogP contribution in [0.2, 0.25) is 0 Å². The van der Waals surface area contributed by atoms with Crippen molar-refractivity contribution >= 4 is 16.9 Å². The Morgan fingerprint density at radius 2 is 2.19 bits per heavy atom. The highest BCUT2D eigenvalue weighted by Crippen LogP contribution is 2.25. The first-order valence-corrected chi connectivity index (χ1v) is 5.37. The number of para-hydroxylation sites is 1. The maximum atomic E-state index is 11.5. The van der Waals surface area contributed by atoms with Crippen LogP contribution in [0.4, 0.5) is 0 Å². The number of esters is 1. The Balaban J connectivity index is 2.29. The lowest BCUT2D eigenvalue weighted by Gasteiger charge is -2.06. The molecule has 1 aromatic carbocycles. The van der Waals surface area contributed by atoms with E-state index < -0.39 is 0 Å². The molecule has 3 nitrogen and oxygen atoms in total. The highest BCUT2D eigenvalue weighted by Gasteiger charge is 2.20. The number of carbonyl (C=O) groups excluding carboxylic acids is 1. The van der Waals surface area contributed by atoms with Gasteiger partial charge >= 0.3 is 5.97 Å². The predicted octanol–water partition coefficient (Wildman–Crippen LogP) is 3.10. The fraction of sp³-hybridized carbons (Fsp3) is 0.308. The van der Waals surface area contributed by atoms with Crippen LogP contribution in [0.3, 0.4) is 0 Å². The topological polar surface area (TPSA) is 39.4 Å². The number of fused-ring (bicyclic) bond motifs is 1. The first kappa shape index (κ1) is 10.7. The van der Waals surface area contributed by atoms with E-state index in [1.165, 1.54) is 0 Å². The van der Waals surface area contributed by atoms with Gasteiger partial charge in [0.05, 0.1) is 6.61 Å². The molecule has 3 heteroatoms. The molecule has 16 heavy (non-hydrogen) atoms. The summed E-state index contributed by atoms with van der Waals surface area (Å²) in [5.74, 6) is 0.0496. The minimum atomic E-state index is -0.354. The Hall–Kier alpha value is -1.77. The molecule has 1 heterocycles. The van der Waals surface area contributed by atoms with Crippen LogP contribution in [-0.2, 0) is 9.53 Å². The van der Waals surface area contributed by atoms with Crippen molar-refractivity contribution in [2.75, 3.05) is 6.61 Å². The van der Waals surface area contributed by atoms with Crippen molar-refractivity contribution in [1.29, 1.82) is 0 Å². The first-order valence-electron chi connectivity index (χ1n) is 5.37. The van der Waals surface area contributed by atoms with E-state index in [9.17, 15) is 4.79 Å². The smallest absolute Gasteiger partial charge is 0.316 e. The van der Waals surface area contributed by atoms with Crippen LogP contribution in [0.15, 0.2) is 34.7 Å². The molecule has 1 aromatic heterocycles. The molecule has 1 unspecified atom stereocenters. The van der Waals surface area contributed by atoms with Crippen molar-refractivity contribution in [2.45, 2.75) is 19.8 Å². The van der Waals surface area contributed by atoms with E-state index in [-0.39, 0.29) is 11.9 Å². The average molecular weight is 218 g/mol. The summed E-state index contributed by atoms with van der Waals surface area (Å²) in [5.41, 5.74) is 0.800. The van der Waals surface area contributed by atoms with Crippen LogP contribution >= 0.6 is 0 Å². The average Bonchev–Trinajstić information content (AvgIpc) is 2.71. The Bertz CT molecular complexity index is 466. The zero-order valence-electron chi connectivity index (χ0n) is 9.40. The Labute approximate surface area is 94.0 Å². The van der Waals surface area contributed by atoms with Crippen LogP contribution in [0, 0.1) is 0 Å². The number of ether oxygens (including phenoxy) is 1. The molecule has 84 valence electrons. The molecule has 0 aliphatic heterocycles. The molecule has 0 saturated heterocycles. The zero-order valence-corrected chi connectivity index (χ0v) is 9.40. The lowest BCUT2D eigenvalue weighted by molar-refractivity contribution is -0.144. The van der Waals surface area contributed by atoms with Gasteiger partial charge < -0.3 is 9.15 Å². The van der Waals surface area contributed by atoms with E-state index in [0.29, 0.717) is 12.4 Å². The van der Waals surface area contributed by atoms with Gasteiger partial charge in [-0.25, -0.2) is 0 Å². The van der Waals surface area contributed by atoms with Crippen molar-refractivity contribution in [3.05, 3.63) is 36.1 Å².